The van der Waals surface area contributed by atoms with Gasteiger partial charge in [0, 0.05) is 13.1 Å². The zero-order valence-electron chi connectivity index (χ0n) is 9.86. The second kappa shape index (κ2) is 4.29. The molecule has 94 valence electrons. The Kier molecular flexibility index (Phi) is 2.62. The number of para-hydroxylation sites is 1. The molecule has 1 N–H and O–H groups in total. The molecule has 3 rings (SSSR count). The summed E-state index contributed by atoms with van der Waals surface area (Å²) in [6.07, 6.45) is 0.746. The van der Waals surface area contributed by atoms with Crippen molar-refractivity contribution in [3.8, 4) is 0 Å². The van der Waals surface area contributed by atoms with Crippen LogP contribution in [-0.2, 0) is 0 Å². The molecular formula is C12H14N4O2. The summed E-state index contributed by atoms with van der Waals surface area (Å²) in [6.45, 7) is 1.13. The lowest BCUT2D eigenvalue weighted by molar-refractivity contribution is 0.124. The van der Waals surface area contributed by atoms with Crippen molar-refractivity contribution < 1.29 is 9.90 Å². The number of benzene rings is 1. The topological polar surface area (TPSA) is 71.2 Å². The number of nitrogens with zero attached hydrogens (tertiary/aromatic N) is 4. The van der Waals surface area contributed by atoms with E-state index in [-0.39, 0.29) is 6.04 Å². The van der Waals surface area contributed by atoms with Crippen LogP contribution in [-0.4, -0.2) is 44.2 Å². The number of amides is 1. The third-order valence-corrected chi connectivity index (χ3v) is 3.46. The first-order valence-corrected chi connectivity index (χ1v) is 6.03. The van der Waals surface area contributed by atoms with Crippen LogP contribution in [0.5, 0.6) is 0 Å². The van der Waals surface area contributed by atoms with Gasteiger partial charge < -0.3 is 10.0 Å². The van der Waals surface area contributed by atoms with Gasteiger partial charge in [-0.3, -0.25) is 0 Å². The van der Waals surface area contributed by atoms with Crippen molar-refractivity contribution in [3.05, 3.63) is 24.3 Å². The molecule has 0 radical (unpaired) electrons. The van der Waals surface area contributed by atoms with Crippen LogP contribution < -0.4 is 0 Å². The maximum absolute atomic E-state index is 10.9. The molecule has 0 bridgehead atoms. The number of piperidine rings is 1. The van der Waals surface area contributed by atoms with Gasteiger partial charge >= 0.3 is 6.09 Å². The predicted molar refractivity (Wildman–Crippen MR) is 65.4 cm³/mol. The number of carbonyl (C=O) groups is 1. The monoisotopic (exact) mass is 246 g/mol. The third kappa shape index (κ3) is 1.79. The molecule has 0 unspecified atom stereocenters. The van der Waals surface area contributed by atoms with E-state index in [2.05, 4.69) is 10.3 Å². The summed E-state index contributed by atoms with van der Waals surface area (Å²) in [4.78, 5) is 12.3. The second-order valence-electron chi connectivity index (χ2n) is 4.52. The lowest BCUT2D eigenvalue weighted by Gasteiger charge is -2.29. The fourth-order valence-corrected chi connectivity index (χ4v) is 2.46. The van der Waals surface area contributed by atoms with E-state index < -0.39 is 6.09 Å². The van der Waals surface area contributed by atoms with Crippen LogP contribution >= 0.6 is 0 Å². The first-order valence-electron chi connectivity index (χ1n) is 6.03. The Morgan fingerprint density at radius 2 is 2.00 bits per heavy atom. The zero-order chi connectivity index (χ0) is 12.5. The summed E-state index contributed by atoms with van der Waals surface area (Å²) >= 11 is 0. The average molecular weight is 246 g/mol. The number of fused-ring (bicyclic) bond motifs is 1. The maximum Gasteiger partial charge on any atom is 0.407 e. The van der Waals surface area contributed by atoms with Crippen molar-refractivity contribution in [3.63, 3.8) is 0 Å². The predicted octanol–water partition coefficient (Wildman–Crippen LogP) is 1.75. The Balaban J connectivity index is 1.82. The maximum atomic E-state index is 10.9. The molecule has 1 saturated heterocycles. The van der Waals surface area contributed by atoms with Crippen molar-refractivity contribution in [1.82, 2.24) is 19.9 Å². The number of likely N-dealkylation sites (tertiary alicyclic amines) is 1. The van der Waals surface area contributed by atoms with Crippen LogP contribution in [0.25, 0.3) is 11.0 Å². The van der Waals surface area contributed by atoms with Crippen LogP contribution in [0.15, 0.2) is 24.3 Å². The lowest BCUT2D eigenvalue weighted by atomic mass is 10.1. The first-order chi connectivity index (χ1) is 8.75. The highest BCUT2D eigenvalue weighted by atomic mass is 16.4. The van der Waals surface area contributed by atoms with Crippen molar-refractivity contribution >= 4 is 17.1 Å². The number of aromatic nitrogens is 3. The van der Waals surface area contributed by atoms with E-state index in [9.17, 15) is 4.79 Å². The fraction of sp³-hybridized carbons (Fsp3) is 0.417. The minimum atomic E-state index is -0.836. The molecule has 1 amide bonds. The summed E-state index contributed by atoms with van der Waals surface area (Å²) < 4.78 is 1.93. The molecule has 18 heavy (non-hydrogen) atoms. The Morgan fingerprint density at radius 1 is 1.28 bits per heavy atom. The molecule has 0 saturated carbocycles. The van der Waals surface area contributed by atoms with E-state index in [1.165, 1.54) is 4.90 Å². The first kappa shape index (κ1) is 11.0. The van der Waals surface area contributed by atoms with E-state index in [4.69, 9.17) is 5.11 Å². The van der Waals surface area contributed by atoms with Crippen molar-refractivity contribution in [2.24, 2.45) is 0 Å². The normalized spacial score (nSPS) is 17.2. The molecule has 1 aliphatic heterocycles. The second-order valence-corrected chi connectivity index (χ2v) is 4.52. The number of hydrogen-bond donors (Lipinski definition) is 1. The molecule has 1 aromatic carbocycles. The van der Waals surface area contributed by atoms with Crippen molar-refractivity contribution in [1.29, 1.82) is 0 Å². The minimum absolute atomic E-state index is 0.244. The van der Waals surface area contributed by atoms with Gasteiger partial charge in [-0.25, -0.2) is 9.48 Å². The van der Waals surface area contributed by atoms with Crippen LogP contribution in [0, 0.1) is 0 Å². The van der Waals surface area contributed by atoms with Gasteiger partial charge in [0.05, 0.1) is 11.6 Å². The fourth-order valence-electron chi connectivity index (χ4n) is 2.46. The quantitative estimate of drug-likeness (QED) is 0.832. The lowest BCUT2D eigenvalue weighted by Crippen LogP contribution is -2.38. The summed E-state index contributed by atoms with van der Waals surface area (Å²) in [5.41, 5.74) is 1.91. The van der Waals surface area contributed by atoms with E-state index >= 15 is 0 Å². The van der Waals surface area contributed by atoms with E-state index in [0.29, 0.717) is 13.1 Å². The number of hydrogen-bond acceptors (Lipinski definition) is 3. The van der Waals surface area contributed by atoms with Crippen LogP contribution in [0.1, 0.15) is 18.9 Å². The third-order valence-electron chi connectivity index (χ3n) is 3.46. The summed E-state index contributed by atoms with van der Waals surface area (Å²) in [5, 5.41) is 17.2. The molecule has 1 fully saturated rings. The SMILES string of the molecule is O=C(O)N1CCC(n2nnc3ccccc32)CC1. The van der Waals surface area contributed by atoms with E-state index in [1.807, 2.05) is 28.9 Å². The standard InChI is InChI=1S/C12H14N4O2/c17-12(18)15-7-5-9(6-8-15)16-11-4-2-1-3-10(11)13-14-16/h1-4,9H,5-8H2,(H,17,18). The number of carboxylic acid groups (broad SMARTS) is 1. The highest BCUT2D eigenvalue weighted by Crippen LogP contribution is 2.25. The van der Waals surface area contributed by atoms with Gasteiger partial charge in [-0.05, 0) is 25.0 Å². The largest absolute Gasteiger partial charge is 0.465 e. The smallest absolute Gasteiger partial charge is 0.407 e. The van der Waals surface area contributed by atoms with Gasteiger partial charge in [-0.1, -0.05) is 17.3 Å². The van der Waals surface area contributed by atoms with Crippen molar-refractivity contribution in [2.45, 2.75) is 18.9 Å². The van der Waals surface area contributed by atoms with Crippen LogP contribution in [0.4, 0.5) is 4.79 Å². The minimum Gasteiger partial charge on any atom is -0.465 e. The van der Waals surface area contributed by atoms with Gasteiger partial charge in [0.15, 0.2) is 0 Å². The summed E-state index contributed by atoms with van der Waals surface area (Å²) in [5.74, 6) is 0. The van der Waals surface area contributed by atoms with Gasteiger partial charge in [-0.2, -0.15) is 0 Å². The van der Waals surface area contributed by atoms with E-state index in [1.54, 1.807) is 0 Å². The molecule has 0 atom stereocenters. The Morgan fingerprint density at radius 3 is 2.72 bits per heavy atom. The molecule has 0 aliphatic carbocycles. The van der Waals surface area contributed by atoms with Gasteiger partial charge in [0.1, 0.15) is 5.52 Å². The average Bonchev–Trinajstić information content (AvgIpc) is 2.82. The van der Waals surface area contributed by atoms with Gasteiger partial charge in [0.25, 0.3) is 0 Å². The molecule has 0 spiro atoms. The van der Waals surface area contributed by atoms with Crippen LogP contribution in [0.3, 0.4) is 0 Å². The summed E-state index contributed by atoms with van der Waals surface area (Å²) in [6, 6.07) is 8.08. The van der Waals surface area contributed by atoms with E-state index in [0.717, 1.165) is 23.9 Å². The van der Waals surface area contributed by atoms with Gasteiger partial charge in [-0.15, -0.1) is 5.10 Å². The molecule has 2 heterocycles. The Labute approximate surface area is 104 Å². The Bertz CT molecular complexity index is 572. The highest BCUT2D eigenvalue weighted by Gasteiger charge is 2.24. The van der Waals surface area contributed by atoms with Gasteiger partial charge in [0.2, 0.25) is 0 Å². The molecular weight excluding hydrogens is 232 g/mol. The molecule has 1 aromatic heterocycles. The van der Waals surface area contributed by atoms with Crippen molar-refractivity contribution in [2.75, 3.05) is 13.1 Å². The zero-order valence-corrected chi connectivity index (χ0v) is 9.86. The molecule has 6 heteroatoms. The molecule has 1 aliphatic rings. The highest BCUT2D eigenvalue weighted by molar-refractivity contribution is 5.74. The molecule has 6 nitrogen and oxygen atoms in total. The summed E-state index contributed by atoms with van der Waals surface area (Å²) in [7, 11) is 0. The molecule has 2 aromatic rings. The number of rotatable bonds is 1. The van der Waals surface area contributed by atoms with Crippen LogP contribution in [0.2, 0.25) is 0 Å². The Hall–Kier alpha value is -2.11.